The molecule has 0 saturated heterocycles. The molecular formula is C21H19N3O2S2. The summed E-state index contributed by atoms with van der Waals surface area (Å²) in [5.41, 5.74) is 3.31. The van der Waals surface area contributed by atoms with E-state index in [1.54, 1.807) is 34.2 Å². The zero-order valence-corrected chi connectivity index (χ0v) is 16.9. The number of para-hydroxylation sites is 1. The van der Waals surface area contributed by atoms with E-state index in [9.17, 15) is 8.42 Å². The number of hydrogen-bond donors (Lipinski definition) is 1. The fraction of sp³-hybridized carbons (Fsp3) is 0.0952. The molecule has 0 saturated carbocycles. The number of benzene rings is 2. The van der Waals surface area contributed by atoms with Gasteiger partial charge >= 0.3 is 0 Å². The first-order valence-electron chi connectivity index (χ1n) is 8.76. The van der Waals surface area contributed by atoms with Crippen LogP contribution in [0, 0.1) is 6.92 Å². The van der Waals surface area contributed by atoms with Crippen LogP contribution in [0.1, 0.15) is 11.1 Å². The Morgan fingerprint density at radius 3 is 2.46 bits per heavy atom. The Morgan fingerprint density at radius 2 is 1.75 bits per heavy atom. The van der Waals surface area contributed by atoms with Gasteiger partial charge in [0.2, 0.25) is 10.0 Å². The summed E-state index contributed by atoms with van der Waals surface area (Å²) in [7, 11) is -3.59. The first-order chi connectivity index (χ1) is 13.5. The molecule has 28 heavy (non-hydrogen) atoms. The molecule has 142 valence electrons. The quantitative estimate of drug-likeness (QED) is 0.495. The van der Waals surface area contributed by atoms with Crippen molar-refractivity contribution in [3.05, 3.63) is 89.3 Å². The van der Waals surface area contributed by atoms with Crippen LogP contribution in [0.4, 0.5) is 5.82 Å². The summed E-state index contributed by atoms with van der Waals surface area (Å²) >= 11 is 1.56. The molecular weight excluding hydrogens is 390 g/mol. The molecule has 4 aromatic rings. The fourth-order valence-corrected chi connectivity index (χ4v) is 4.82. The van der Waals surface area contributed by atoms with Crippen molar-refractivity contribution in [1.29, 1.82) is 0 Å². The number of aryl methyl sites for hydroxylation is 1. The van der Waals surface area contributed by atoms with E-state index < -0.39 is 10.0 Å². The van der Waals surface area contributed by atoms with Gasteiger partial charge in [-0.3, -0.25) is 4.72 Å². The van der Waals surface area contributed by atoms with Crippen molar-refractivity contribution in [3.63, 3.8) is 0 Å². The summed E-state index contributed by atoms with van der Waals surface area (Å²) in [6.45, 7) is 1.98. The van der Waals surface area contributed by atoms with Crippen molar-refractivity contribution in [2.24, 2.45) is 0 Å². The number of hydrogen-bond acceptors (Lipinski definition) is 4. The van der Waals surface area contributed by atoms with E-state index >= 15 is 0 Å². The van der Waals surface area contributed by atoms with Crippen LogP contribution >= 0.6 is 11.3 Å². The number of rotatable bonds is 6. The monoisotopic (exact) mass is 409 g/mol. The molecule has 2 aromatic heterocycles. The molecule has 0 atom stereocenters. The minimum atomic E-state index is -3.59. The minimum Gasteiger partial charge on any atom is -0.267 e. The van der Waals surface area contributed by atoms with Gasteiger partial charge in [-0.15, -0.1) is 11.3 Å². The highest BCUT2D eigenvalue weighted by molar-refractivity contribution is 7.91. The predicted molar refractivity (Wildman–Crippen MR) is 114 cm³/mol. The molecule has 0 spiro atoms. The summed E-state index contributed by atoms with van der Waals surface area (Å²) in [4.78, 5) is 0.982. The third-order valence-corrected chi connectivity index (χ3v) is 6.41. The summed E-state index contributed by atoms with van der Waals surface area (Å²) < 4.78 is 29.9. The van der Waals surface area contributed by atoms with E-state index in [-0.39, 0.29) is 5.75 Å². The van der Waals surface area contributed by atoms with Crippen molar-refractivity contribution in [2.45, 2.75) is 12.7 Å². The summed E-state index contributed by atoms with van der Waals surface area (Å²) in [5.74, 6) is 0.329. The lowest BCUT2D eigenvalue weighted by Crippen LogP contribution is -2.17. The maximum atomic E-state index is 12.8. The molecule has 2 aromatic carbocycles. The highest BCUT2D eigenvalue weighted by atomic mass is 32.2. The van der Waals surface area contributed by atoms with E-state index in [1.165, 1.54) is 0 Å². The second kappa shape index (κ2) is 7.61. The van der Waals surface area contributed by atoms with Gasteiger partial charge in [-0.2, -0.15) is 5.10 Å². The molecule has 0 fully saturated rings. The van der Waals surface area contributed by atoms with Crippen LogP contribution < -0.4 is 4.72 Å². The average Bonchev–Trinajstić information content (AvgIpc) is 3.32. The number of sulfonamides is 1. The number of thiophene rings is 1. The molecule has 5 nitrogen and oxygen atoms in total. The molecule has 1 N–H and O–H groups in total. The normalized spacial score (nSPS) is 11.5. The molecule has 4 rings (SSSR count). The van der Waals surface area contributed by atoms with Gasteiger partial charge in [-0.05, 0) is 35.6 Å². The van der Waals surface area contributed by atoms with E-state index in [0.29, 0.717) is 5.82 Å². The van der Waals surface area contributed by atoms with E-state index in [4.69, 9.17) is 0 Å². The minimum absolute atomic E-state index is 0.0961. The fourth-order valence-electron chi connectivity index (χ4n) is 2.97. The topological polar surface area (TPSA) is 64.0 Å². The van der Waals surface area contributed by atoms with Crippen molar-refractivity contribution >= 4 is 27.2 Å². The number of anilines is 1. The number of nitrogens with one attached hydrogen (secondary N) is 1. The average molecular weight is 410 g/mol. The lowest BCUT2D eigenvalue weighted by Gasteiger charge is -2.12. The Hall–Kier alpha value is -2.90. The number of aromatic nitrogens is 2. The molecule has 2 heterocycles. The summed E-state index contributed by atoms with van der Waals surface area (Å²) in [6, 6.07) is 22.6. The SMILES string of the molecule is Cc1ccccc1-n1nc(-c2cccs2)cc1NS(=O)(=O)Cc1ccccc1. The van der Waals surface area contributed by atoms with Gasteiger partial charge in [-0.25, -0.2) is 13.1 Å². The second-order valence-electron chi connectivity index (χ2n) is 6.44. The summed E-state index contributed by atoms with van der Waals surface area (Å²) in [5, 5.41) is 6.65. The van der Waals surface area contributed by atoms with E-state index in [2.05, 4.69) is 9.82 Å². The highest BCUT2D eigenvalue weighted by Gasteiger charge is 2.19. The third kappa shape index (κ3) is 4.00. The zero-order chi connectivity index (χ0) is 19.6. The van der Waals surface area contributed by atoms with Crippen molar-refractivity contribution in [2.75, 3.05) is 4.72 Å². The Morgan fingerprint density at radius 1 is 1.00 bits per heavy atom. The van der Waals surface area contributed by atoms with Gasteiger partial charge in [0.1, 0.15) is 11.5 Å². The first-order valence-corrected chi connectivity index (χ1v) is 11.3. The molecule has 7 heteroatoms. The van der Waals surface area contributed by atoms with Gasteiger partial charge in [-0.1, -0.05) is 54.6 Å². The van der Waals surface area contributed by atoms with E-state index in [0.717, 1.165) is 27.4 Å². The summed E-state index contributed by atoms with van der Waals surface area (Å²) in [6.07, 6.45) is 0. The van der Waals surface area contributed by atoms with Gasteiger partial charge < -0.3 is 0 Å². The maximum absolute atomic E-state index is 12.8. The van der Waals surface area contributed by atoms with Crippen LogP contribution in [0.25, 0.3) is 16.3 Å². The number of nitrogens with zero attached hydrogens (tertiary/aromatic N) is 2. The Labute approximate surface area is 168 Å². The van der Waals surface area contributed by atoms with Crippen LogP contribution in [0.15, 0.2) is 78.2 Å². The smallest absolute Gasteiger partial charge is 0.238 e. The predicted octanol–water partition coefficient (Wildman–Crippen LogP) is 4.85. The third-order valence-electron chi connectivity index (χ3n) is 4.29. The van der Waals surface area contributed by atoms with Crippen molar-refractivity contribution < 1.29 is 8.42 Å². The molecule has 0 aliphatic rings. The Kier molecular flexibility index (Phi) is 5.02. The lowest BCUT2D eigenvalue weighted by molar-refractivity contribution is 0.600. The van der Waals surface area contributed by atoms with Gasteiger partial charge in [0.15, 0.2) is 0 Å². The standard InChI is InChI=1S/C21H19N3O2S2/c1-16-8-5-6-11-19(16)24-21(14-18(22-24)20-12-7-13-27-20)23-28(25,26)15-17-9-3-2-4-10-17/h2-14,23H,15H2,1H3. The Bertz CT molecular complexity index is 1180. The van der Waals surface area contributed by atoms with Crippen molar-refractivity contribution in [3.8, 4) is 16.3 Å². The second-order valence-corrected chi connectivity index (χ2v) is 9.11. The first kappa shape index (κ1) is 18.5. The molecule has 0 bridgehead atoms. The van der Waals surface area contributed by atoms with Gasteiger partial charge in [0.05, 0.1) is 16.3 Å². The van der Waals surface area contributed by atoms with Crippen LogP contribution in [0.3, 0.4) is 0 Å². The zero-order valence-electron chi connectivity index (χ0n) is 15.2. The molecule has 0 unspecified atom stereocenters. The van der Waals surface area contributed by atoms with Crippen LogP contribution in [0.5, 0.6) is 0 Å². The highest BCUT2D eigenvalue weighted by Crippen LogP contribution is 2.29. The molecule has 0 radical (unpaired) electrons. The molecule has 0 amide bonds. The molecule has 0 aliphatic heterocycles. The maximum Gasteiger partial charge on any atom is 0.238 e. The van der Waals surface area contributed by atoms with Gasteiger partial charge in [0, 0.05) is 6.07 Å². The van der Waals surface area contributed by atoms with Crippen LogP contribution in [-0.4, -0.2) is 18.2 Å². The van der Waals surface area contributed by atoms with Crippen LogP contribution in [0.2, 0.25) is 0 Å². The van der Waals surface area contributed by atoms with Crippen LogP contribution in [-0.2, 0) is 15.8 Å². The Balaban J connectivity index is 1.74. The lowest BCUT2D eigenvalue weighted by atomic mass is 10.2. The van der Waals surface area contributed by atoms with E-state index in [1.807, 2.05) is 66.9 Å². The molecule has 0 aliphatic carbocycles. The van der Waals surface area contributed by atoms with Crippen molar-refractivity contribution in [1.82, 2.24) is 9.78 Å². The van der Waals surface area contributed by atoms with Gasteiger partial charge in [0.25, 0.3) is 0 Å². The largest absolute Gasteiger partial charge is 0.267 e.